The van der Waals surface area contributed by atoms with E-state index in [2.05, 4.69) is 25.7 Å². The highest BCUT2D eigenvalue weighted by molar-refractivity contribution is 5.84. The van der Waals surface area contributed by atoms with Crippen molar-refractivity contribution < 1.29 is 22.7 Å². The largest absolute Gasteiger partial charge is 0.465 e. The molecular formula is C18H21F3N6O2. The van der Waals surface area contributed by atoms with Crippen molar-refractivity contribution in [1.29, 1.82) is 0 Å². The minimum absolute atomic E-state index is 0.0152. The van der Waals surface area contributed by atoms with Gasteiger partial charge in [0.25, 0.3) is 0 Å². The van der Waals surface area contributed by atoms with Crippen LogP contribution in [0.4, 0.5) is 30.8 Å². The molecule has 0 spiro atoms. The van der Waals surface area contributed by atoms with Gasteiger partial charge >= 0.3 is 12.1 Å². The minimum atomic E-state index is -4.56. The highest BCUT2D eigenvalue weighted by Gasteiger charge is 2.45. The zero-order valence-corrected chi connectivity index (χ0v) is 16.0. The first-order valence-corrected chi connectivity index (χ1v) is 9.45. The highest BCUT2D eigenvalue weighted by Crippen LogP contribution is 2.41. The topological polar surface area (TPSA) is 94.0 Å². The lowest BCUT2D eigenvalue weighted by molar-refractivity contribution is -0.142. The predicted molar refractivity (Wildman–Crippen MR) is 97.9 cm³/mol. The first-order chi connectivity index (χ1) is 13.7. The molecule has 0 radical (unpaired) electrons. The molecular weight excluding hydrogens is 389 g/mol. The second-order valence-corrected chi connectivity index (χ2v) is 7.42. The maximum Gasteiger partial charge on any atom is 0.421 e. The first-order valence-electron chi connectivity index (χ1n) is 9.45. The van der Waals surface area contributed by atoms with Crippen LogP contribution in [-0.4, -0.2) is 38.9 Å². The number of halogens is 3. The Balaban J connectivity index is 1.67. The SMILES string of the molecule is CCNc1nc(Nc2cc([C@@]3(C)CCOC3=O)nn2C2CC2)ncc1C(F)(F)F. The van der Waals surface area contributed by atoms with E-state index in [-0.39, 0.29) is 30.3 Å². The van der Waals surface area contributed by atoms with Gasteiger partial charge in [-0.3, -0.25) is 4.79 Å². The summed E-state index contributed by atoms with van der Waals surface area (Å²) in [4.78, 5) is 20.0. The normalized spacial score (nSPS) is 21.9. The molecule has 0 amide bonds. The number of alkyl halides is 3. The summed E-state index contributed by atoms with van der Waals surface area (Å²) in [5.41, 5.74) is -1.21. The molecule has 1 saturated carbocycles. The van der Waals surface area contributed by atoms with Crippen molar-refractivity contribution in [2.45, 2.75) is 50.7 Å². The van der Waals surface area contributed by atoms with Crippen LogP contribution in [0, 0.1) is 0 Å². The minimum Gasteiger partial charge on any atom is -0.465 e. The van der Waals surface area contributed by atoms with E-state index < -0.39 is 17.2 Å². The van der Waals surface area contributed by atoms with Crippen molar-refractivity contribution in [3.63, 3.8) is 0 Å². The van der Waals surface area contributed by atoms with E-state index in [1.165, 1.54) is 0 Å². The molecule has 2 aromatic rings. The van der Waals surface area contributed by atoms with Crippen molar-refractivity contribution >= 4 is 23.6 Å². The molecule has 1 aliphatic carbocycles. The van der Waals surface area contributed by atoms with Crippen LogP contribution < -0.4 is 10.6 Å². The van der Waals surface area contributed by atoms with E-state index in [1.807, 2.05) is 0 Å². The monoisotopic (exact) mass is 410 g/mol. The fourth-order valence-electron chi connectivity index (χ4n) is 3.26. The molecule has 1 aliphatic heterocycles. The Bertz CT molecular complexity index is 940. The summed E-state index contributed by atoms with van der Waals surface area (Å²) in [6, 6.07) is 1.90. The molecule has 2 aromatic heterocycles. The number of carbonyl (C=O) groups excluding carboxylic acids is 1. The molecule has 0 aromatic carbocycles. The molecule has 0 bridgehead atoms. The Kier molecular flexibility index (Phi) is 4.62. The maximum atomic E-state index is 13.2. The Morgan fingerprint density at radius 2 is 2.14 bits per heavy atom. The summed E-state index contributed by atoms with van der Waals surface area (Å²) in [5.74, 6) is -0.0710. The highest BCUT2D eigenvalue weighted by atomic mass is 19.4. The van der Waals surface area contributed by atoms with Crippen molar-refractivity contribution in [3.8, 4) is 0 Å². The third-order valence-electron chi connectivity index (χ3n) is 5.16. The second kappa shape index (κ2) is 6.89. The Morgan fingerprint density at radius 1 is 1.38 bits per heavy atom. The molecule has 156 valence electrons. The van der Waals surface area contributed by atoms with Gasteiger partial charge in [-0.25, -0.2) is 9.67 Å². The van der Waals surface area contributed by atoms with Crippen molar-refractivity contribution in [3.05, 3.63) is 23.5 Å². The average Bonchev–Trinajstić information content (AvgIpc) is 3.32. The lowest BCUT2D eigenvalue weighted by Gasteiger charge is -2.15. The van der Waals surface area contributed by atoms with Gasteiger partial charge in [0.15, 0.2) is 0 Å². The maximum absolute atomic E-state index is 13.2. The number of carbonyl (C=O) groups is 1. The van der Waals surface area contributed by atoms with Crippen LogP contribution in [0.5, 0.6) is 0 Å². The van der Waals surface area contributed by atoms with Gasteiger partial charge in [-0.2, -0.15) is 23.3 Å². The van der Waals surface area contributed by atoms with Crippen LogP contribution in [0.1, 0.15) is 50.4 Å². The summed E-state index contributed by atoms with van der Waals surface area (Å²) in [6.07, 6.45) is -1.41. The summed E-state index contributed by atoms with van der Waals surface area (Å²) in [6.45, 7) is 4.08. The quantitative estimate of drug-likeness (QED) is 0.705. The second-order valence-electron chi connectivity index (χ2n) is 7.42. The zero-order valence-electron chi connectivity index (χ0n) is 16.0. The lowest BCUT2D eigenvalue weighted by Crippen LogP contribution is -2.28. The summed E-state index contributed by atoms with van der Waals surface area (Å²) < 4.78 is 46.4. The van der Waals surface area contributed by atoms with Crippen LogP contribution >= 0.6 is 0 Å². The number of cyclic esters (lactones) is 1. The van der Waals surface area contributed by atoms with E-state index in [4.69, 9.17) is 4.74 Å². The van der Waals surface area contributed by atoms with E-state index in [9.17, 15) is 18.0 Å². The number of rotatable bonds is 6. The van der Waals surface area contributed by atoms with Crippen LogP contribution in [0.25, 0.3) is 0 Å². The van der Waals surface area contributed by atoms with Crippen molar-refractivity contribution in [1.82, 2.24) is 19.7 Å². The van der Waals surface area contributed by atoms with Gasteiger partial charge < -0.3 is 15.4 Å². The number of nitrogens with one attached hydrogen (secondary N) is 2. The standard InChI is InChI=1S/C18H21F3N6O2/c1-3-22-14-11(18(19,20)21)9-23-16(25-14)24-13-8-12(26-27(13)10-4-5-10)17(2)6-7-29-15(17)28/h8-10H,3-7H2,1-2H3,(H2,22,23,24,25)/t17-/m1/s1. The Hall–Kier alpha value is -2.85. The molecule has 3 heterocycles. The predicted octanol–water partition coefficient (Wildman–Crippen LogP) is 3.41. The van der Waals surface area contributed by atoms with Crippen LogP contribution in [-0.2, 0) is 21.1 Å². The van der Waals surface area contributed by atoms with Gasteiger partial charge in [-0.1, -0.05) is 0 Å². The number of hydrogen-bond acceptors (Lipinski definition) is 7. The van der Waals surface area contributed by atoms with E-state index in [1.54, 1.807) is 24.6 Å². The molecule has 11 heteroatoms. The number of esters is 1. The zero-order chi connectivity index (χ0) is 20.8. The van der Waals surface area contributed by atoms with Crippen LogP contribution in [0.15, 0.2) is 12.3 Å². The molecule has 2 aliphatic rings. The van der Waals surface area contributed by atoms with Gasteiger partial charge in [0.05, 0.1) is 18.3 Å². The van der Waals surface area contributed by atoms with E-state index >= 15 is 0 Å². The van der Waals surface area contributed by atoms with E-state index in [0.29, 0.717) is 24.5 Å². The van der Waals surface area contributed by atoms with Gasteiger partial charge in [-0.05, 0) is 26.7 Å². The summed E-state index contributed by atoms with van der Waals surface area (Å²) >= 11 is 0. The Morgan fingerprint density at radius 3 is 2.72 bits per heavy atom. The Labute approximate surface area is 164 Å². The number of hydrogen-bond donors (Lipinski definition) is 2. The van der Waals surface area contributed by atoms with Crippen molar-refractivity contribution in [2.75, 3.05) is 23.8 Å². The summed E-state index contributed by atoms with van der Waals surface area (Å²) in [7, 11) is 0. The lowest BCUT2D eigenvalue weighted by atomic mass is 9.85. The van der Waals surface area contributed by atoms with Gasteiger partial charge in [0, 0.05) is 25.2 Å². The van der Waals surface area contributed by atoms with Crippen LogP contribution in [0.3, 0.4) is 0 Å². The van der Waals surface area contributed by atoms with Crippen molar-refractivity contribution in [2.24, 2.45) is 0 Å². The smallest absolute Gasteiger partial charge is 0.421 e. The molecule has 1 saturated heterocycles. The molecule has 2 N–H and O–H groups in total. The number of nitrogens with zero attached hydrogens (tertiary/aromatic N) is 4. The fraction of sp³-hybridized carbons (Fsp3) is 0.556. The van der Waals surface area contributed by atoms with Gasteiger partial charge in [-0.15, -0.1) is 0 Å². The first kappa shape index (κ1) is 19.5. The molecule has 0 unspecified atom stereocenters. The molecule has 4 rings (SSSR count). The molecule has 29 heavy (non-hydrogen) atoms. The molecule has 1 atom stereocenters. The number of ether oxygens (including phenoxy) is 1. The van der Waals surface area contributed by atoms with E-state index in [0.717, 1.165) is 19.0 Å². The average molecular weight is 410 g/mol. The van der Waals surface area contributed by atoms with Crippen LogP contribution in [0.2, 0.25) is 0 Å². The summed E-state index contributed by atoms with van der Waals surface area (Å²) in [5, 5.41) is 10.2. The number of aromatic nitrogens is 4. The molecule has 2 fully saturated rings. The molecule has 8 nitrogen and oxygen atoms in total. The van der Waals surface area contributed by atoms with Gasteiger partial charge in [0.2, 0.25) is 5.95 Å². The third-order valence-corrected chi connectivity index (χ3v) is 5.16. The van der Waals surface area contributed by atoms with Gasteiger partial charge in [0.1, 0.15) is 22.6 Å². The number of anilines is 3. The third kappa shape index (κ3) is 3.60. The fourth-order valence-corrected chi connectivity index (χ4v) is 3.26.